The molecule has 2 nitrogen and oxygen atoms in total. The third kappa shape index (κ3) is 3.47. The summed E-state index contributed by atoms with van der Waals surface area (Å²) < 4.78 is 13.6. The standard InChI is InChI=1S/C16H19FN2/c1-12-4-9-16(17)13(10-12)11-18-14-5-7-15(8-6-14)19(2)3/h4-10,18H,11H2,1-3H3. The Labute approximate surface area is 113 Å². The predicted octanol–water partition coefficient (Wildman–Crippen LogP) is 3.81. The number of hydrogen-bond donors (Lipinski definition) is 1. The van der Waals surface area contributed by atoms with Crippen LogP contribution in [0.1, 0.15) is 11.1 Å². The maximum atomic E-state index is 13.6. The van der Waals surface area contributed by atoms with Gasteiger partial charge in [0.2, 0.25) is 0 Å². The van der Waals surface area contributed by atoms with Crippen molar-refractivity contribution in [2.75, 3.05) is 24.3 Å². The molecule has 19 heavy (non-hydrogen) atoms. The molecule has 0 bridgehead atoms. The molecule has 0 saturated carbocycles. The normalized spacial score (nSPS) is 10.3. The molecular formula is C16H19FN2. The molecule has 2 rings (SSSR count). The van der Waals surface area contributed by atoms with Crippen molar-refractivity contribution in [3.63, 3.8) is 0 Å². The summed E-state index contributed by atoms with van der Waals surface area (Å²) in [6.07, 6.45) is 0. The Bertz CT molecular complexity index is 547. The first-order chi connectivity index (χ1) is 9.06. The van der Waals surface area contributed by atoms with Crippen LogP contribution in [0.5, 0.6) is 0 Å². The summed E-state index contributed by atoms with van der Waals surface area (Å²) in [5.74, 6) is -0.164. The van der Waals surface area contributed by atoms with Gasteiger partial charge >= 0.3 is 0 Å². The molecule has 0 aliphatic heterocycles. The van der Waals surface area contributed by atoms with Gasteiger partial charge < -0.3 is 10.2 Å². The average Bonchev–Trinajstić information content (AvgIpc) is 2.40. The van der Waals surface area contributed by atoms with Crippen LogP contribution in [0.25, 0.3) is 0 Å². The van der Waals surface area contributed by atoms with E-state index in [-0.39, 0.29) is 5.82 Å². The Morgan fingerprint density at radius 3 is 2.37 bits per heavy atom. The number of benzene rings is 2. The molecule has 2 aromatic rings. The Morgan fingerprint density at radius 2 is 1.74 bits per heavy atom. The molecule has 0 saturated heterocycles. The SMILES string of the molecule is Cc1ccc(F)c(CNc2ccc(N(C)C)cc2)c1. The first-order valence-corrected chi connectivity index (χ1v) is 6.32. The minimum absolute atomic E-state index is 0.164. The summed E-state index contributed by atoms with van der Waals surface area (Å²) in [5.41, 5.74) is 3.90. The Hall–Kier alpha value is -2.03. The van der Waals surface area contributed by atoms with Gasteiger partial charge in [0.05, 0.1) is 0 Å². The maximum absolute atomic E-state index is 13.6. The minimum atomic E-state index is -0.164. The Kier molecular flexibility index (Phi) is 4.05. The van der Waals surface area contributed by atoms with Crippen LogP contribution >= 0.6 is 0 Å². The van der Waals surface area contributed by atoms with Gasteiger partial charge in [-0.25, -0.2) is 4.39 Å². The van der Waals surface area contributed by atoms with E-state index in [1.54, 1.807) is 6.07 Å². The molecule has 0 fully saturated rings. The number of nitrogens with zero attached hydrogens (tertiary/aromatic N) is 1. The van der Waals surface area contributed by atoms with Gasteiger partial charge in [0.1, 0.15) is 5.82 Å². The van der Waals surface area contributed by atoms with Crippen molar-refractivity contribution in [2.45, 2.75) is 13.5 Å². The number of aryl methyl sites for hydroxylation is 1. The smallest absolute Gasteiger partial charge is 0.128 e. The van der Waals surface area contributed by atoms with E-state index < -0.39 is 0 Å². The zero-order chi connectivity index (χ0) is 13.8. The van der Waals surface area contributed by atoms with Crippen LogP contribution in [0.15, 0.2) is 42.5 Å². The zero-order valence-electron chi connectivity index (χ0n) is 11.6. The molecule has 0 aliphatic carbocycles. The molecule has 0 amide bonds. The summed E-state index contributed by atoms with van der Waals surface area (Å²) in [6.45, 7) is 2.46. The molecule has 2 aromatic carbocycles. The van der Waals surface area contributed by atoms with E-state index in [0.29, 0.717) is 12.1 Å². The van der Waals surface area contributed by atoms with Crippen LogP contribution in [-0.2, 0) is 6.54 Å². The van der Waals surface area contributed by atoms with Crippen molar-refractivity contribution in [2.24, 2.45) is 0 Å². The van der Waals surface area contributed by atoms with Crippen molar-refractivity contribution < 1.29 is 4.39 Å². The van der Waals surface area contributed by atoms with E-state index >= 15 is 0 Å². The molecule has 0 unspecified atom stereocenters. The summed E-state index contributed by atoms with van der Waals surface area (Å²) in [4.78, 5) is 2.05. The lowest BCUT2D eigenvalue weighted by Gasteiger charge is -2.13. The van der Waals surface area contributed by atoms with Crippen molar-refractivity contribution in [3.05, 3.63) is 59.4 Å². The maximum Gasteiger partial charge on any atom is 0.128 e. The third-order valence-corrected chi connectivity index (χ3v) is 3.07. The van der Waals surface area contributed by atoms with Crippen LogP contribution in [-0.4, -0.2) is 14.1 Å². The van der Waals surface area contributed by atoms with Crippen molar-refractivity contribution in [1.82, 2.24) is 0 Å². The highest BCUT2D eigenvalue weighted by molar-refractivity contribution is 5.54. The molecular weight excluding hydrogens is 239 g/mol. The van der Waals surface area contributed by atoms with E-state index in [1.807, 2.05) is 56.3 Å². The Balaban J connectivity index is 2.04. The second-order valence-corrected chi connectivity index (χ2v) is 4.89. The molecule has 0 spiro atoms. The average molecular weight is 258 g/mol. The van der Waals surface area contributed by atoms with E-state index in [2.05, 4.69) is 5.32 Å². The highest BCUT2D eigenvalue weighted by Crippen LogP contribution is 2.17. The van der Waals surface area contributed by atoms with Crippen LogP contribution in [0.4, 0.5) is 15.8 Å². The molecule has 1 N–H and O–H groups in total. The van der Waals surface area contributed by atoms with Crippen LogP contribution in [0, 0.1) is 12.7 Å². The summed E-state index contributed by atoms with van der Waals surface area (Å²) in [6, 6.07) is 13.2. The van der Waals surface area contributed by atoms with E-state index in [4.69, 9.17) is 0 Å². The molecule has 0 atom stereocenters. The number of nitrogens with one attached hydrogen (secondary N) is 1. The minimum Gasteiger partial charge on any atom is -0.381 e. The molecule has 3 heteroatoms. The van der Waals surface area contributed by atoms with Crippen LogP contribution in [0.3, 0.4) is 0 Å². The van der Waals surface area contributed by atoms with E-state index in [1.165, 1.54) is 6.07 Å². The van der Waals surface area contributed by atoms with Gasteiger partial charge in [-0.3, -0.25) is 0 Å². The fourth-order valence-corrected chi connectivity index (χ4v) is 1.91. The number of halogens is 1. The van der Waals surface area contributed by atoms with Gasteiger partial charge in [-0.2, -0.15) is 0 Å². The first kappa shape index (κ1) is 13.4. The lowest BCUT2D eigenvalue weighted by Crippen LogP contribution is -2.08. The van der Waals surface area contributed by atoms with Crippen molar-refractivity contribution in [1.29, 1.82) is 0 Å². The van der Waals surface area contributed by atoms with E-state index in [0.717, 1.165) is 16.9 Å². The van der Waals surface area contributed by atoms with Gasteiger partial charge in [-0.05, 0) is 37.3 Å². The monoisotopic (exact) mass is 258 g/mol. The van der Waals surface area contributed by atoms with Gasteiger partial charge in [0.15, 0.2) is 0 Å². The zero-order valence-corrected chi connectivity index (χ0v) is 11.6. The number of hydrogen-bond acceptors (Lipinski definition) is 2. The molecule has 0 aromatic heterocycles. The second kappa shape index (κ2) is 5.74. The van der Waals surface area contributed by atoms with Gasteiger partial charge in [0.25, 0.3) is 0 Å². The number of rotatable bonds is 4. The van der Waals surface area contributed by atoms with Crippen LogP contribution < -0.4 is 10.2 Å². The highest BCUT2D eigenvalue weighted by Gasteiger charge is 2.02. The van der Waals surface area contributed by atoms with Crippen molar-refractivity contribution in [3.8, 4) is 0 Å². The fourth-order valence-electron chi connectivity index (χ4n) is 1.91. The summed E-state index contributed by atoms with van der Waals surface area (Å²) in [5, 5.41) is 3.24. The molecule has 100 valence electrons. The second-order valence-electron chi connectivity index (χ2n) is 4.89. The van der Waals surface area contributed by atoms with Gasteiger partial charge in [-0.15, -0.1) is 0 Å². The predicted molar refractivity (Wildman–Crippen MR) is 79.2 cm³/mol. The van der Waals surface area contributed by atoms with Gasteiger partial charge in [-0.1, -0.05) is 17.7 Å². The van der Waals surface area contributed by atoms with Crippen LogP contribution in [0.2, 0.25) is 0 Å². The van der Waals surface area contributed by atoms with Crippen molar-refractivity contribution >= 4 is 11.4 Å². The van der Waals surface area contributed by atoms with Gasteiger partial charge in [0, 0.05) is 37.6 Å². The Morgan fingerprint density at radius 1 is 1.05 bits per heavy atom. The quantitative estimate of drug-likeness (QED) is 0.897. The lowest BCUT2D eigenvalue weighted by molar-refractivity contribution is 0.612. The fraction of sp³-hybridized carbons (Fsp3) is 0.250. The first-order valence-electron chi connectivity index (χ1n) is 6.32. The summed E-state index contributed by atoms with van der Waals surface area (Å²) >= 11 is 0. The highest BCUT2D eigenvalue weighted by atomic mass is 19.1. The van der Waals surface area contributed by atoms with E-state index in [9.17, 15) is 4.39 Å². The number of anilines is 2. The molecule has 0 radical (unpaired) electrons. The largest absolute Gasteiger partial charge is 0.381 e. The third-order valence-electron chi connectivity index (χ3n) is 3.07. The topological polar surface area (TPSA) is 15.3 Å². The molecule has 0 aliphatic rings. The summed E-state index contributed by atoms with van der Waals surface area (Å²) in [7, 11) is 4.01. The molecule has 0 heterocycles. The lowest BCUT2D eigenvalue weighted by atomic mass is 10.1.